The Morgan fingerprint density at radius 3 is 2.48 bits per heavy atom. The van der Waals surface area contributed by atoms with E-state index in [9.17, 15) is 0 Å². The maximum absolute atomic E-state index is 5.56. The lowest BCUT2D eigenvalue weighted by molar-refractivity contribution is 0.246. The summed E-state index contributed by atoms with van der Waals surface area (Å²) in [5.41, 5.74) is 4.77. The molecule has 0 aliphatic carbocycles. The van der Waals surface area contributed by atoms with Gasteiger partial charge in [0.2, 0.25) is 0 Å². The molecule has 0 radical (unpaired) electrons. The van der Waals surface area contributed by atoms with Crippen molar-refractivity contribution in [2.24, 2.45) is 0 Å². The molecule has 5 heteroatoms. The summed E-state index contributed by atoms with van der Waals surface area (Å²) in [4.78, 5) is 2.54. The number of benzene rings is 2. The maximum Gasteiger partial charge on any atom is 0.170 e. The fourth-order valence-corrected chi connectivity index (χ4v) is 3.76. The first kappa shape index (κ1) is 19.6. The molecule has 1 atom stereocenters. The van der Waals surface area contributed by atoms with Gasteiger partial charge in [-0.05, 0) is 86.9 Å². The largest absolute Gasteiger partial charge is 0.497 e. The minimum absolute atomic E-state index is 0.303. The van der Waals surface area contributed by atoms with E-state index in [1.54, 1.807) is 7.11 Å². The molecule has 0 spiro atoms. The average molecular weight is 384 g/mol. The molecule has 1 heterocycles. The van der Waals surface area contributed by atoms with Crippen LogP contribution >= 0.6 is 12.2 Å². The Bertz CT molecular complexity index is 770. The number of ether oxygens (including phenoxy) is 1. The van der Waals surface area contributed by atoms with Crippen LogP contribution in [0.1, 0.15) is 35.6 Å². The van der Waals surface area contributed by atoms with Crippen molar-refractivity contribution < 1.29 is 4.74 Å². The molecule has 4 nitrogen and oxygen atoms in total. The molecule has 2 aromatic carbocycles. The van der Waals surface area contributed by atoms with Crippen molar-refractivity contribution in [3.63, 3.8) is 0 Å². The topological polar surface area (TPSA) is 36.5 Å². The summed E-state index contributed by atoms with van der Waals surface area (Å²) in [7, 11) is 1.70. The van der Waals surface area contributed by atoms with Crippen molar-refractivity contribution >= 4 is 23.0 Å². The number of hydrogen-bond donors (Lipinski definition) is 2. The Balaban J connectivity index is 1.66. The van der Waals surface area contributed by atoms with E-state index in [4.69, 9.17) is 17.0 Å². The molecule has 0 bridgehead atoms. The van der Waals surface area contributed by atoms with Crippen molar-refractivity contribution in [2.75, 3.05) is 32.1 Å². The normalized spacial score (nSPS) is 15.4. The van der Waals surface area contributed by atoms with Crippen LogP contribution in [0.2, 0.25) is 0 Å². The lowest BCUT2D eigenvalue weighted by atomic mass is 10.1. The molecule has 1 aliphatic heterocycles. The highest BCUT2D eigenvalue weighted by atomic mass is 32.1. The first-order valence-corrected chi connectivity index (χ1v) is 9.98. The fraction of sp³-hybridized carbons (Fsp3) is 0.409. The summed E-state index contributed by atoms with van der Waals surface area (Å²) in [6.07, 6.45) is 2.52. The van der Waals surface area contributed by atoms with E-state index in [0.717, 1.165) is 31.1 Å². The third kappa shape index (κ3) is 5.21. The highest BCUT2D eigenvalue weighted by Gasteiger charge is 2.23. The molecule has 0 aromatic heterocycles. The number of thiocarbonyl (C=S) groups is 1. The van der Waals surface area contributed by atoms with Gasteiger partial charge in [-0.3, -0.25) is 4.90 Å². The number of aryl methyl sites for hydroxylation is 2. The number of hydrogen-bond acceptors (Lipinski definition) is 3. The van der Waals surface area contributed by atoms with E-state index >= 15 is 0 Å². The molecule has 144 valence electrons. The van der Waals surface area contributed by atoms with Crippen LogP contribution in [-0.2, 0) is 0 Å². The Morgan fingerprint density at radius 2 is 1.81 bits per heavy atom. The van der Waals surface area contributed by atoms with Gasteiger partial charge in [0, 0.05) is 12.2 Å². The minimum Gasteiger partial charge on any atom is -0.497 e. The van der Waals surface area contributed by atoms with Gasteiger partial charge in [0.1, 0.15) is 5.75 Å². The summed E-state index contributed by atoms with van der Waals surface area (Å²) in [6, 6.07) is 15.0. The summed E-state index contributed by atoms with van der Waals surface area (Å²) in [5.74, 6) is 0.888. The molecule has 27 heavy (non-hydrogen) atoms. The smallest absolute Gasteiger partial charge is 0.170 e. The van der Waals surface area contributed by atoms with Crippen molar-refractivity contribution in [1.82, 2.24) is 10.2 Å². The van der Waals surface area contributed by atoms with E-state index < -0.39 is 0 Å². The molecule has 1 fully saturated rings. The zero-order valence-corrected chi connectivity index (χ0v) is 17.2. The predicted octanol–water partition coefficient (Wildman–Crippen LogP) is 4.44. The zero-order chi connectivity index (χ0) is 19.2. The lowest BCUT2D eigenvalue weighted by Gasteiger charge is -2.29. The van der Waals surface area contributed by atoms with Crippen molar-refractivity contribution in [1.29, 1.82) is 0 Å². The fourth-order valence-electron chi connectivity index (χ4n) is 3.56. The number of anilines is 1. The third-order valence-corrected chi connectivity index (χ3v) is 5.43. The van der Waals surface area contributed by atoms with E-state index in [0.29, 0.717) is 11.2 Å². The van der Waals surface area contributed by atoms with Crippen LogP contribution < -0.4 is 15.4 Å². The quantitative estimate of drug-likeness (QED) is 0.722. The first-order valence-electron chi connectivity index (χ1n) is 9.57. The molecule has 1 saturated heterocycles. The van der Waals surface area contributed by atoms with Crippen molar-refractivity contribution in [3.8, 4) is 5.75 Å². The average Bonchev–Trinajstić information content (AvgIpc) is 3.20. The van der Waals surface area contributed by atoms with Crippen LogP contribution in [0.25, 0.3) is 0 Å². The second-order valence-corrected chi connectivity index (χ2v) is 7.59. The summed E-state index contributed by atoms with van der Waals surface area (Å²) < 4.78 is 5.30. The SMILES string of the molecule is COc1ccc([C@@H](CNC(=S)Nc2cc(C)ccc2C)N2CCCC2)cc1. The summed E-state index contributed by atoms with van der Waals surface area (Å²) in [5, 5.41) is 7.45. The van der Waals surface area contributed by atoms with E-state index in [2.05, 4.69) is 59.7 Å². The highest BCUT2D eigenvalue weighted by Crippen LogP contribution is 2.26. The molecule has 0 amide bonds. The third-order valence-electron chi connectivity index (χ3n) is 5.18. The summed E-state index contributed by atoms with van der Waals surface area (Å²) >= 11 is 5.56. The van der Waals surface area contributed by atoms with Gasteiger partial charge in [0.05, 0.1) is 13.2 Å². The van der Waals surface area contributed by atoms with E-state index in [1.807, 2.05) is 12.1 Å². The molecule has 0 unspecified atom stereocenters. The van der Waals surface area contributed by atoms with Gasteiger partial charge in [0.25, 0.3) is 0 Å². The zero-order valence-electron chi connectivity index (χ0n) is 16.4. The second-order valence-electron chi connectivity index (χ2n) is 7.19. The highest BCUT2D eigenvalue weighted by molar-refractivity contribution is 7.80. The van der Waals surface area contributed by atoms with Crippen molar-refractivity contribution in [3.05, 3.63) is 59.2 Å². The number of nitrogens with one attached hydrogen (secondary N) is 2. The van der Waals surface area contributed by atoms with Gasteiger partial charge < -0.3 is 15.4 Å². The molecular weight excluding hydrogens is 354 g/mol. The van der Waals surface area contributed by atoms with Crippen LogP contribution in [0.5, 0.6) is 5.75 Å². The number of likely N-dealkylation sites (tertiary alicyclic amines) is 1. The van der Waals surface area contributed by atoms with E-state index in [-0.39, 0.29) is 0 Å². The van der Waals surface area contributed by atoms with Gasteiger partial charge in [-0.25, -0.2) is 0 Å². The predicted molar refractivity (Wildman–Crippen MR) is 117 cm³/mol. The number of nitrogens with zero attached hydrogens (tertiary/aromatic N) is 1. The van der Waals surface area contributed by atoms with Gasteiger partial charge in [-0.2, -0.15) is 0 Å². The van der Waals surface area contributed by atoms with Crippen LogP contribution in [0.3, 0.4) is 0 Å². The maximum atomic E-state index is 5.56. The Morgan fingerprint density at radius 1 is 1.11 bits per heavy atom. The molecular formula is C22H29N3OS. The molecule has 2 aromatic rings. The van der Waals surface area contributed by atoms with Crippen LogP contribution in [0, 0.1) is 13.8 Å². The molecule has 1 aliphatic rings. The van der Waals surface area contributed by atoms with Crippen LogP contribution in [0.15, 0.2) is 42.5 Å². The van der Waals surface area contributed by atoms with Gasteiger partial charge in [0.15, 0.2) is 5.11 Å². The Hall–Kier alpha value is -2.11. The Labute approximate surface area is 167 Å². The minimum atomic E-state index is 0.303. The van der Waals surface area contributed by atoms with Gasteiger partial charge >= 0.3 is 0 Å². The standard InChI is InChI=1S/C22H29N3OS/c1-16-6-7-17(2)20(14-16)24-22(27)23-15-21(25-12-4-5-13-25)18-8-10-19(26-3)11-9-18/h6-11,14,21H,4-5,12-13,15H2,1-3H3,(H2,23,24,27)/t21-/m1/s1. The van der Waals surface area contributed by atoms with Gasteiger partial charge in [-0.1, -0.05) is 24.3 Å². The number of methoxy groups -OCH3 is 1. The van der Waals surface area contributed by atoms with E-state index in [1.165, 1.54) is 29.5 Å². The number of rotatable bonds is 6. The molecule has 2 N–H and O–H groups in total. The van der Waals surface area contributed by atoms with Crippen LogP contribution in [0.4, 0.5) is 5.69 Å². The van der Waals surface area contributed by atoms with Gasteiger partial charge in [-0.15, -0.1) is 0 Å². The van der Waals surface area contributed by atoms with Crippen LogP contribution in [-0.4, -0.2) is 36.8 Å². The first-order chi connectivity index (χ1) is 13.1. The molecule has 0 saturated carbocycles. The summed E-state index contributed by atoms with van der Waals surface area (Å²) in [6.45, 7) is 7.23. The second kappa shape index (κ2) is 9.20. The Kier molecular flexibility index (Phi) is 6.69. The monoisotopic (exact) mass is 383 g/mol. The van der Waals surface area contributed by atoms with Crippen molar-refractivity contribution in [2.45, 2.75) is 32.7 Å². The lowest BCUT2D eigenvalue weighted by Crippen LogP contribution is -2.38. The molecule has 3 rings (SSSR count).